The van der Waals surface area contributed by atoms with Crippen molar-refractivity contribution < 1.29 is 19.1 Å². The highest BCUT2D eigenvalue weighted by molar-refractivity contribution is 6.31. The van der Waals surface area contributed by atoms with Crippen LogP contribution in [0, 0.1) is 0 Å². The number of halogens is 1. The summed E-state index contributed by atoms with van der Waals surface area (Å²) in [7, 11) is 1.22. The highest BCUT2D eigenvalue weighted by atomic mass is 35.5. The third-order valence-corrected chi connectivity index (χ3v) is 2.94. The molecule has 0 bridgehead atoms. The van der Waals surface area contributed by atoms with Crippen molar-refractivity contribution in [1.29, 1.82) is 0 Å². The van der Waals surface area contributed by atoms with Gasteiger partial charge in [-0.3, -0.25) is 14.4 Å². The molecular formula is C12H11ClN2O4. The van der Waals surface area contributed by atoms with E-state index in [0.29, 0.717) is 10.7 Å². The summed E-state index contributed by atoms with van der Waals surface area (Å²) in [6.07, 6.45) is -0.226. The van der Waals surface area contributed by atoms with Crippen LogP contribution in [-0.2, 0) is 14.3 Å². The number of hydrogen-bond donors (Lipinski definition) is 2. The van der Waals surface area contributed by atoms with Gasteiger partial charge in [0.05, 0.1) is 24.8 Å². The lowest BCUT2D eigenvalue weighted by atomic mass is 10.1. The molecule has 100 valence electrons. The summed E-state index contributed by atoms with van der Waals surface area (Å²) in [6.45, 7) is 0. The van der Waals surface area contributed by atoms with Crippen LogP contribution < -0.4 is 10.6 Å². The van der Waals surface area contributed by atoms with Crippen molar-refractivity contribution in [2.45, 2.75) is 12.5 Å². The second-order valence-corrected chi connectivity index (χ2v) is 4.42. The average Bonchev–Trinajstić information content (AvgIpc) is 2.49. The number of methoxy groups -OCH3 is 1. The van der Waals surface area contributed by atoms with Crippen molar-refractivity contribution >= 4 is 35.1 Å². The van der Waals surface area contributed by atoms with Gasteiger partial charge in [-0.25, -0.2) is 0 Å². The summed E-state index contributed by atoms with van der Waals surface area (Å²) < 4.78 is 4.48. The predicted octanol–water partition coefficient (Wildman–Crippen LogP) is 0.954. The van der Waals surface area contributed by atoms with E-state index in [9.17, 15) is 14.4 Å². The van der Waals surface area contributed by atoms with E-state index in [0.717, 1.165) is 0 Å². The summed E-state index contributed by atoms with van der Waals surface area (Å²) in [5.74, 6) is -1.52. The van der Waals surface area contributed by atoms with Gasteiger partial charge in [-0.1, -0.05) is 11.6 Å². The molecule has 0 unspecified atom stereocenters. The summed E-state index contributed by atoms with van der Waals surface area (Å²) in [4.78, 5) is 35.1. The first-order chi connectivity index (χ1) is 9.01. The molecule has 1 atom stereocenters. The van der Waals surface area contributed by atoms with E-state index in [4.69, 9.17) is 11.6 Å². The first-order valence-corrected chi connectivity index (χ1v) is 5.87. The molecule has 1 aliphatic rings. The zero-order valence-corrected chi connectivity index (χ0v) is 10.8. The van der Waals surface area contributed by atoms with E-state index >= 15 is 0 Å². The number of rotatable bonds is 2. The molecular weight excluding hydrogens is 272 g/mol. The molecule has 0 saturated carbocycles. The Bertz CT molecular complexity index is 559. The first kappa shape index (κ1) is 13.4. The number of ether oxygens (including phenoxy) is 1. The molecule has 1 heterocycles. The Morgan fingerprint density at radius 1 is 1.42 bits per heavy atom. The number of anilines is 1. The fourth-order valence-corrected chi connectivity index (χ4v) is 1.90. The monoisotopic (exact) mass is 282 g/mol. The molecule has 6 nitrogen and oxygen atoms in total. The molecule has 2 N–H and O–H groups in total. The molecule has 0 fully saturated rings. The van der Waals surface area contributed by atoms with E-state index in [1.165, 1.54) is 19.2 Å². The Morgan fingerprint density at radius 2 is 2.16 bits per heavy atom. The van der Waals surface area contributed by atoms with Crippen molar-refractivity contribution in [1.82, 2.24) is 5.32 Å². The lowest BCUT2D eigenvalue weighted by Crippen LogP contribution is -2.42. The van der Waals surface area contributed by atoms with E-state index in [1.807, 2.05) is 0 Å². The number of esters is 1. The molecule has 2 amide bonds. The lowest BCUT2D eigenvalue weighted by Gasteiger charge is -2.12. The van der Waals surface area contributed by atoms with Gasteiger partial charge in [-0.15, -0.1) is 0 Å². The Morgan fingerprint density at radius 3 is 2.84 bits per heavy atom. The van der Waals surface area contributed by atoms with Crippen LogP contribution in [0.3, 0.4) is 0 Å². The SMILES string of the molecule is COC(=O)C[C@@H]1NC(=O)c2cc(Cl)ccc2NC1=O. The summed E-state index contributed by atoms with van der Waals surface area (Å²) in [5, 5.41) is 5.42. The van der Waals surface area contributed by atoms with E-state index in [2.05, 4.69) is 15.4 Å². The first-order valence-electron chi connectivity index (χ1n) is 5.49. The Balaban J connectivity index is 2.28. The van der Waals surface area contributed by atoms with Crippen LogP contribution in [0.1, 0.15) is 16.8 Å². The van der Waals surface area contributed by atoms with Gasteiger partial charge in [0, 0.05) is 5.02 Å². The van der Waals surface area contributed by atoms with Crippen LogP contribution in [0.15, 0.2) is 18.2 Å². The van der Waals surface area contributed by atoms with Gasteiger partial charge in [-0.2, -0.15) is 0 Å². The van der Waals surface area contributed by atoms with Crippen molar-refractivity contribution in [2.75, 3.05) is 12.4 Å². The largest absolute Gasteiger partial charge is 0.469 e. The summed E-state index contributed by atoms with van der Waals surface area (Å²) in [6, 6.07) is 3.59. The van der Waals surface area contributed by atoms with Crippen molar-refractivity contribution in [3.05, 3.63) is 28.8 Å². The van der Waals surface area contributed by atoms with Gasteiger partial charge in [0.25, 0.3) is 5.91 Å². The zero-order chi connectivity index (χ0) is 14.0. The van der Waals surface area contributed by atoms with Crippen molar-refractivity contribution in [3.8, 4) is 0 Å². The zero-order valence-electron chi connectivity index (χ0n) is 10.0. The van der Waals surface area contributed by atoms with Crippen LogP contribution >= 0.6 is 11.6 Å². The maximum absolute atomic E-state index is 12.0. The molecule has 0 aliphatic carbocycles. The minimum atomic E-state index is -0.967. The molecule has 0 aromatic heterocycles. The third-order valence-electron chi connectivity index (χ3n) is 2.70. The fourth-order valence-electron chi connectivity index (χ4n) is 1.73. The number of nitrogens with one attached hydrogen (secondary N) is 2. The summed E-state index contributed by atoms with van der Waals surface area (Å²) >= 11 is 5.81. The van der Waals surface area contributed by atoms with Gasteiger partial charge < -0.3 is 15.4 Å². The molecule has 1 aromatic carbocycles. The highest BCUT2D eigenvalue weighted by Crippen LogP contribution is 2.23. The second-order valence-electron chi connectivity index (χ2n) is 3.99. The van der Waals surface area contributed by atoms with Crippen LogP contribution in [-0.4, -0.2) is 30.9 Å². The Kier molecular flexibility index (Phi) is 3.71. The van der Waals surface area contributed by atoms with E-state index < -0.39 is 23.8 Å². The average molecular weight is 283 g/mol. The third kappa shape index (κ3) is 2.85. The number of fused-ring (bicyclic) bond motifs is 1. The molecule has 1 aliphatic heterocycles. The summed E-state index contributed by atoms with van der Waals surface area (Å²) in [5.41, 5.74) is 0.618. The predicted molar refractivity (Wildman–Crippen MR) is 68.0 cm³/mol. The van der Waals surface area contributed by atoms with Crippen LogP contribution in [0.25, 0.3) is 0 Å². The molecule has 0 spiro atoms. The molecule has 19 heavy (non-hydrogen) atoms. The normalized spacial score (nSPS) is 17.9. The number of amides is 2. The van der Waals surface area contributed by atoms with Gasteiger partial charge >= 0.3 is 5.97 Å². The minimum absolute atomic E-state index is 0.226. The smallest absolute Gasteiger partial charge is 0.308 e. The fraction of sp³-hybridized carbons (Fsp3) is 0.250. The Hall–Kier alpha value is -2.08. The second kappa shape index (κ2) is 5.27. The van der Waals surface area contributed by atoms with Gasteiger partial charge in [0.2, 0.25) is 5.91 Å². The van der Waals surface area contributed by atoms with Gasteiger partial charge in [0.15, 0.2) is 0 Å². The number of benzene rings is 1. The standard InChI is InChI=1S/C12H11ClN2O4/c1-19-10(16)5-9-12(18)14-8-3-2-6(13)4-7(8)11(17)15-9/h2-4,9H,5H2,1H3,(H,14,18)(H,15,17)/t9-/m0/s1. The number of hydrogen-bond acceptors (Lipinski definition) is 4. The Labute approximate surface area is 114 Å². The molecule has 0 saturated heterocycles. The topological polar surface area (TPSA) is 84.5 Å². The maximum Gasteiger partial charge on any atom is 0.308 e. The quantitative estimate of drug-likeness (QED) is 0.791. The lowest BCUT2D eigenvalue weighted by molar-refractivity contribution is -0.142. The van der Waals surface area contributed by atoms with Crippen molar-refractivity contribution in [3.63, 3.8) is 0 Å². The number of carbonyl (C=O) groups is 3. The van der Waals surface area contributed by atoms with Gasteiger partial charge in [-0.05, 0) is 18.2 Å². The van der Waals surface area contributed by atoms with Crippen LogP contribution in [0.5, 0.6) is 0 Å². The van der Waals surface area contributed by atoms with E-state index in [-0.39, 0.29) is 12.0 Å². The van der Waals surface area contributed by atoms with Crippen molar-refractivity contribution in [2.24, 2.45) is 0 Å². The molecule has 7 heteroatoms. The minimum Gasteiger partial charge on any atom is -0.469 e. The van der Waals surface area contributed by atoms with E-state index in [1.54, 1.807) is 6.07 Å². The highest BCUT2D eigenvalue weighted by Gasteiger charge is 2.29. The molecule has 0 radical (unpaired) electrons. The molecule has 1 aromatic rings. The maximum atomic E-state index is 12.0. The van der Waals surface area contributed by atoms with Crippen LogP contribution in [0.2, 0.25) is 5.02 Å². The number of carbonyl (C=O) groups excluding carboxylic acids is 3. The van der Waals surface area contributed by atoms with Gasteiger partial charge in [0.1, 0.15) is 6.04 Å². The molecule has 2 rings (SSSR count). The van der Waals surface area contributed by atoms with Crippen LogP contribution in [0.4, 0.5) is 5.69 Å².